The maximum absolute atomic E-state index is 3.55. The Morgan fingerprint density at radius 1 is 1.46 bits per heavy atom. The number of fused-ring (bicyclic) bond motifs is 1. The Hall–Kier alpha value is -0.500. The Morgan fingerprint density at radius 3 is 3.00 bits per heavy atom. The molecule has 1 aromatic rings. The molecule has 1 atom stereocenters. The third-order valence-corrected chi connectivity index (χ3v) is 3.49. The molecule has 0 saturated carbocycles. The molecule has 2 rings (SSSR count). The van der Waals surface area contributed by atoms with Crippen LogP contribution < -0.4 is 5.32 Å². The van der Waals surface area contributed by atoms with E-state index in [2.05, 4.69) is 47.2 Å². The van der Waals surface area contributed by atoms with Crippen molar-refractivity contribution in [3.8, 4) is 0 Å². The molecule has 13 heavy (non-hydrogen) atoms. The Balaban J connectivity index is 2.43. The summed E-state index contributed by atoms with van der Waals surface area (Å²) in [6, 6.07) is 5.08. The lowest BCUT2D eigenvalue weighted by Crippen LogP contribution is -2.21. The van der Waals surface area contributed by atoms with Crippen molar-refractivity contribution in [2.24, 2.45) is 0 Å². The number of rotatable bonds is 0. The summed E-state index contributed by atoms with van der Waals surface area (Å²) >= 11 is 3.55. The molecule has 0 amide bonds. The molecular weight excluding hydrogens is 226 g/mol. The van der Waals surface area contributed by atoms with Crippen molar-refractivity contribution >= 4 is 21.6 Å². The van der Waals surface area contributed by atoms with Crippen LogP contribution in [0.5, 0.6) is 0 Å². The second kappa shape index (κ2) is 3.33. The number of nitrogens with one attached hydrogen (secondary N) is 1. The van der Waals surface area contributed by atoms with Crippen molar-refractivity contribution in [2.45, 2.75) is 32.7 Å². The molecule has 0 bridgehead atoms. The van der Waals surface area contributed by atoms with Gasteiger partial charge in [-0.2, -0.15) is 0 Å². The van der Waals surface area contributed by atoms with Gasteiger partial charge in [-0.05, 0) is 43.9 Å². The molecule has 1 heterocycles. The minimum Gasteiger partial charge on any atom is -0.382 e. The zero-order valence-corrected chi connectivity index (χ0v) is 9.61. The fourth-order valence-corrected chi connectivity index (χ4v) is 2.14. The van der Waals surface area contributed by atoms with Gasteiger partial charge in [0.05, 0.1) is 0 Å². The van der Waals surface area contributed by atoms with Crippen LogP contribution in [0.15, 0.2) is 16.6 Å². The van der Waals surface area contributed by atoms with Gasteiger partial charge in [-0.25, -0.2) is 0 Å². The third-order valence-electron chi connectivity index (χ3n) is 2.63. The van der Waals surface area contributed by atoms with Crippen LogP contribution in [0.25, 0.3) is 0 Å². The molecule has 1 aliphatic heterocycles. The normalized spacial score (nSPS) is 20.7. The number of aryl methyl sites for hydroxylation is 2. The van der Waals surface area contributed by atoms with Crippen LogP contribution in [0, 0.1) is 6.92 Å². The summed E-state index contributed by atoms with van der Waals surface area (Å²) in [4.78, 5) is 0. The highest BCUT2D eigenvalue weighted by Gasteiger charge is 2.14. The maximum Gasteiger partial charge on any atom is 0.0386 e. The van der Waals surface area contributed by atoms with E-state index in [1.54, 1.807) is 0 Å². The Bertz CT molecular complexity index is 333. The van der Waals surface area contributed by atoms with Gasteiger partial charge in [0.2, 0.25) is 0 Å². The first-order valence-corrected chi connectivity index (χ1v) is 5.51. The number of halogens is 1. The smallest absolute Gasteiger partial charge is 0.0386 e. The molecule has 0 aromatic heterocycles. The van der Waals surface area contributed by atoms with E-state index in [9.17, 15) is 0 Å². The summed E-state index contributed by atoms with van der Waals surface area (Å²) in [5, 5.41) is 3.50. The Labute approximate surface area is 87.7 Å². The topological polar surface area (TPSA) is 12.0 Å². The first-order valence-electron chi connectivity index (χ1n) is 4.72. The van der Waals surface area contributed by atoms with Gasteiger partial charge in [-0.1, -0.05) is 22.0 Å². The summed E-state index contributed by atoms with van der Waals surface area (Å²) in [5.41, 5.74) is 4.09. The molecule has 1 nitrogen and oxygen atoms in total. The zero-order chi connectivity index (χ0) is 9.42. The minimum absolute atomic E-state index is 0.613. The Kier molecular flexibility index (Phi) is 2.33. The van der Waals surface area contributed by atoms with Gasteiger partial charge in [0.25, 0.3) is 0 Å². The lowest BCUT2D eigenvalue weighted by Gasteiger charge is -2.24. The quantitative estimate of drug-likeness (QED) is 0.731. The second-order valence-corrected chi connectivity index (χ2v) is 4.70. The molecule has 2 heteroatoms. The molecule has 0 spiro atoms. The van der Waals surface area contributed by atoms with Crippen LogP contribution in [-0.4, -0.2) is 6.04 Å². The molecule has 1 aliphatic rings. The van der Waals surface area contributed by atoms with Gasteiger partial charge in [-0.3, -0.25) is 0 Å². The predicted molar refractivity (Wildman–Crippen MR) is 60.3 cm³/mol. The maximum atomic E-state index is 3.55. The minimum atomic E-state index is 0.613. The third kappa shape index (κ3) is 1.73. The molecule has 0 aliphatic carbocycles. The monoisotopic (exact) mass is 239 g/mol. The molecule has 0 saturated heterocycles. The fourth-order valence-electron chi connectivity index (χ4n) is 1.79. The average molecular weight is 240 g/mol. The molecule has 1 unspecified atom stereocenters. The first kappa shape index (κ1) is 9.07. The van der Waals surface area contributed by atoms with Gasteiger partial charge >= 0.3 is 0 Å². The fraction of sp³-hybridized carbons (Fsp3) is 0.455. The van der Waals surface area contributed by atoms with E-state index < -0.39 is 0 Å². The van der Waals surface area contributed by atoms with Gasteiger partial charge in [0.15, 0.2) is 0 Å². The van der Waals surface area contributed by atoms with E-state index >= 15 is 0 Å². The van der Waals surface area contributed by atoms with Gasteiger partial charge < -0.3 is 5.32 Å². The number of hydrogen-bond acceptors (Lipinski definition) is 1. The van der Waals surface area contributed by atoms with Crippen LogP contribution in [0.4, 0.5) is 5.69 Å². The van der Waals surface area contributed by atoms with Crippen molar-refractivity contribution in [3.63, 3.8) is 0 Å². The van der Waals surface area contributed by atoms with E-state index in [-0.39, 0.29) is 0 Å². The largest absolute Gasteiger partial charge is 0.382 e. The molecular formula is C11H14BrN. The average Bonchev–Trinajstić information content (AvgIpc) is 2.08. The van der Waals surface area contributed by atoms with Crippen molar-refractivity contribution in [2.75, 3.05) is 5.32 Å². The Morgan fingerprint density at radius 2 is 2.23 bits per heavy atom. The van der Waals surface area contributed by atoms with Gasteiger partial charge in [0.1, 0.15) is 0 Å². The van der Waals surface area contributed by atoms with Crippen LogP contribution in [0.2, 0.25) is 0 Å². The highest BCUT2D eigenvalue weighted by molar-refractivity contribution is 9.10. The number of hydrogen-bond donors (Lipinski definition) is 1. The zero-order valence-electron chi connectivity index (χ0n) is 8.02. The lowest BCUT2D eigenvalue weighted by atomic mass is 9.97. The molecule has 0 radical (unpaired) electrons. The van der Waals surface area contributed by atoms with E-state index in [4.69, 9.17) is 0 Å². The van der Waals surface area contributed by atoms with E-state index in [0.717, 1.165) is 0 Å². The van der Waals surface area contributed by atoms with E-state index in [0.29, 0.717) is 6.04 Å². The molecule has 1 N–H and O–H groups in total. The van der Waals surface area contributed by atoms with Crippen molar-refractivity contribution in [1.29, 1.82) is 0 Å². The van der Waals surface area contributed by atoms with Gasteiger partial charge in [-0.15, -0.1) is 0 Å². The highest BCUT2D eigenvalue weighted by atomic mass is 79.9. The number of benzene rings is 1. The van der Waals surface area contributed by atoms with Crippen LogP contribution in [-0.2, 0) is 6.42 Å². The number of anilines is 1. The lowest BCUT2D eigenvalue weighted by molar-refractivity contribution is 0.680. The van der Waals surface area contributed by atoms with Crippen molar-refractivity contribution < 1.29 is 0 Å². The highest BCUT2D eigenvalue weighted by Crippen LogP contribution is 2.30. The van der Waals surface area contributed by atoms with Crippen molar-refractivity contribution in [1.82, 2.24) is 0 Å². The van der Waals surface area contributed by atoms with E-state index in [1.807, 2.05) is 0 Å². The summed E-state index contributed by atoms with van der Waals surface area (Å²) in [6.45, 7) is 4.37. The molecule has 70 valence electrons. The molecule has 1 aromatic carbocycles. The van der Waals surface area contributed by atoms with Crippen LogP contribution in [0.3, 0.4) is 0 Å². The van der Waals surface area contributed by atoms with Crippen molar-refractivity contribution in [3.05, 3.63) is 27.7 Å². The standard InChI is InChI=1S/C11H14BrN/c1-7-5-9-4-3-8(2)13-11(9)6-10(7)12/h5-6,8,13H,3-4H2,1-2H3. The van der Waals surface area contributed by atoms with Crippen LogP contribution in [0.1, 0.15) is 24.5 Å². The SMILES string of the molecule is Cc1cc2c(cc1Br)NC(C)CC2. The van der Waals surface area contributed by atoms with Crippen LogP contribution >= 0.6 is 15.9 Å². The summed E-state index contributed by atoms with van der Waals surface area (Å²) in [6.07, 6.45) is 2.45. The predicted octanol–water partition coefficient (Wildman–Crippen LogP) is 3.50. The summed E-state index contributed by atoms with van der Waals surface area (Å²) < 4.78 is 1.20. The summed E-state index contributed by atoms with van der Waals surface area (Å²) in [7, 11) is 0. The van der Waals surface area contributed by atoms with Gasteiger partial charge in [0, 0.05) is 16.2 Å². The second-order valence-electron chi connectivity index (χ2n) is 3.84. The first-order chi connectivity index (χ1) is 6.16. The summed E-state index contributed by atoms with van der Waals surface area (Å²) in [5.74, 6) is 0. The molecule has 0 fully saturated rings. The van der Waals surface area contributed by atoms with E-state index in [1.165, 1.54) is 34.1 Å².